The van der Waals surface area contributed by atoms with Gasteiger partial charge < -0.3 is 14.4 Å². The number of fused-ring (bicyclic) bond motifs is 1. The van der Waals surface area contributed by atoms with Gasteiger partial charge in [0.15, 0.2) is 11.6 Å². The Hall–Kier alpha value is -1.57. The normalized spacial score (nSPS) is 29.3. The minimum absolute atomic E-state index is 0.0170. The third-order valence-electron chi connectivity index (χ3n) is 7.55. The first-order valence-electron chi connectivity index (χ1n) is 12.0. The summed E-state index contributed by atoms with van der Waals surface area (Å²) in [6.07, 6.45) is -1.63. The predicted molar refractivity (Wildman–Crippen MR) is 138 cm³/mol. The van der Waals surface area contributed by atoms with E-state index in [-0.39, 0.29) is 56.4 Å². The molecular formula is C23H23BrClF4N5O2S. The number of aromatic nitrogens is 2. The quantitative estimate of drug-likeness (QED) is 0.327. The fourth-order valence-electron chi connectivity index (χ4n) is 5.88. The number of aliphatic imine (C=N–C) groups is 1. The predicted octanol–water partition coefficient (Wildman–Crippen LogP) is 5.12. The molecule has 0 bridgehead atoms. The Kier molecular flexibility index (Phi) is 6.86. The Morgan fingerprint density at radius 1 is 1.35 bits per heavy atom. The van der Waals surface area contributed by atoms with Gasteiger partial charge in [-0.15, -0.1) is 11.8 Å². The molecule has 0 aliphatic carbocycles. The molecule has 0 spiro atoms. The lowest BCUT2D eigenvalue weighted by molar-refractivity contribution is 0.107. The molecule has 6 rings (SSSR count). The van der Waals surface area contributed by atoms with Crippen LogP contribution in [0.5, 0.6) is 11.8 Å². The van der Waals surface area contributed by atoms with Gasteiger partial charge in [0.1, 0.15) is 35.7 Å². The van der Waals surface area contributed by atoms with Gasteiger partial charge in [-0.25, -0.2) is 17.6 Å². The number of ether oxygens (including phenoxy) is 2. The minimum Gasteiger partial charge on any atom is -0.489 e. The van der Waals surface area contributed by atoms with E-state index in [9.17, 15) is 13.2 Å². The fourth-order valence-corrected chi connectivity index (χ4v) is 7.39. The Morgan fingerprint density at radius 2 is 2.19 bits per heavy atom. The van der Waals surface area contributed by atoms with E-state index in [4.69, 9.17) is 21.1 Å². The second-order valence-corrected chi connectivity index (χ2v) is 12.0. The largest absolute Gasteiger partial charge is 0.489 e. The lowest BCUT2D eigenvalue weighted by Gasteiger charge is -2.34. The second kappa shape index (κ2) is 9.87. The molecule has 2 aromatic rings. The number of hydrogen-bond acceptors (Lipinski definition) is 8. The Balaban J connectivity index is 1.46. The van der Waals surface area contributed by atoms with Crippen LogP contribution < -0.4 is 14.4 Å². The van der Waals surface area contributed by atoms with Gasteiger partial charge in [-0.05, 0) is 35.3 Å². The molecule has 4 aliphatic heterocycles. The number of hydrogen-bond donors (Lipinski definition) is 0. The average Bonchev–Trinajstić information content (AvgIpc) is 3.56. The van der Waals surface area contributed by atoms with Crippen LogP contribution in [0.1, 0.15) is 19.3 Å². The van der Waals surface area contributed by atoms with E-state index < -0.39 is 36.5 Å². The summed E-state index contributed by atoms with van der Waals surface area (Å²) >= 11 is 11.0. The number of nitrogens with zero attached hydrogens (tertiary/aromatic N) is 5. The van der Waals surface area contributed by atoms with Crippen molar-refractivity contribution in [2.24, 2.45) is 4.99 Å². The van der Waals surface area contributed by atoms with E-state index in [0.29, 0.717) is 19.5 Å². The molecule has 4 aliphatic rings. The molecule has 7 nitrogen and oxygen atoms in total. The van der Waals surface area contributed by atoms with Crippen molar-refractivity contribution in [2.75, 3.05) is 44.3 Å². The third-order valence-corrected chi connectivity index (χ3v) is 9.97. The van der Waals surface area contributed by atoms with Crippen molar-refractivity contribution >= 4 is 61.6 Å². The minimum atomic E-state index is -2.70. The topological polar surface area (TPSA) is 63.1 Å². The van der Waals surface area contributed by atoms with Crippen molar-refractivity contribution in [3.05, 3.63) is 15.3 Å². The van der Waals surface area contributed by atoms with Gasteiger partial charge in [-0.1, -0.05) is 11.6 Å². The molecule has 0 saturated carbocycles. The van der Waals surface area contributed by atoms with Crippen LogP contribution in [0.3, 0.4) is 0 Å². The summed E-state index contributed by atoms with van der Waals surface area (Å²) in [5, 5.41) is -0.104. The van der Waals surface area contributed by atoms with Crippen LogP contribution >= 0.6 is 39.3 Å². The summed E-state index contributed by atoms with van der Waals surface area (Å²) in [5.41, 5.74) is 1.04. The number of alkyl halides is 3. The van der Waals surface area contributed by atoms with E-state index in [1.807, 2.05) is 0 Å². The number of halogens is 6. The molecule has 5 heterocycles. The number of anilines is 1. The monoisotopic (exact) mass is 623 g/mol. The van der Waals surface area contributed by atoms with E-state index >= 15 is 4.39 Å². The van der Waals surface area contributed by atoms with Gasteiger partial charge in [0.25, 0.3) is 6.43 Å². The Labute approximate surface area is 228 Å². The zero-order valence-electron chi connectivity index (χ0n) is 19.5. The van der Waals surface area contributed by atoms with Gasteiger partial charge in [0.2, 0.25) is 0 Å². The highest BCUT2D eigenvalue weighted by Crippen LogP contribution is 2.48. The maximum absolute atomic E-state index is 15.5. The summed E-state index contributed by atoms with van der Waals surface area (Å²) in [5.74, 6) is -0.594. The second-order valence-electron chi connectivity index (χ2n) is 9.76. The highest BCUT2D eigenvalue weighted by Gasteiger charge is 2.49. The molecule has 1 aromatic carbocycles. The SMILES string of the molecule is Fc1c(Br)c(Cl)c2c3c(nc(OC[C@@]45CCCN4C[C@H](F)C5)nc13)N(CC(F)F)C(C1CN=CS1)CO2. The number of rotatable bonds is 6. The number of benzene rings is 1. The van der Waals surface area contributed by atoms with Crippen LogP contribution in [-0.4, -0.2) is 89.2 Å². The van der Waals surface area contributed by atoms with E-state index in [1.165, 1.54) is 16.7 Å². The molecule has 200 valence electrons. The van der Waals surface area contributed by atoms with Gasteiger partial charge in [0, 0.05) is 13.0 Å². The first-order valence-corrected chi connectivity index (χ1v) is 14.1. The highest BCUT2D eigenvalue weighted by molar-refractivity contribution is 9.10. The van der Waals surface area contributed by atoms with Gasteiger partial charge in [-0.2, -0.15) is 9.97 Å². The molecule has 0 N–H and O–H groups in total. The van der Waals surface area contributed by atoms with E-state index in [0.717, 1.165) is 19.4 Å². The Bertz CT molecular complexity index is 1250. The van der Waals surface area contributed by atoms with Crippen molar-refractivity contribution in [2.45, 2.75) is 48.7 Å². The summed E-state index contributed by atoms with van der Waals surface area (Å²) in [6.45, 7) is 1.01. The molecule has 2 fully saturated rings. The van der Waals surface area contributed by atoms with Crippen molar-refractivity contribution < 1.29 is 27.0 Å². The summed E-state index contributed by atoms with van der Waals surface area (Å²) in [6, 6.07) is -0.718. The first kappa shape index (κ1) is 25.7. The van der Waals surface area contributed by atoms with Crippen molar-refractivity contribution in [3.8, 4) is 11.8 Å². The Morgan fingerprint density at radius 3 is 2.95 bits per heavy atom. The molecule has 0 radical (unpaired) electrons. The fraction of sp³-hybridized carbons (Fsp3) is 0.609. The van der Waals surface area contributed by atoms with Crippen molar-refractivity contribution in [1.82, 2.24) is 14.9 Å². The lowest BCUT2D eigenvalue weighted by atomic mass is 9.95. The van der Waals surface area contributed by atoms with Gasteiger partial charge in [-0.3, -0.25) is 9.89 Å². The van der Waals surface area contributed by atoms with Crippen LogP contribution in [-0.2, 0) is 0 Å². The van der Waals surface area contributed by atoms with Gasteiger partial charge in [0.05, 0.1) is 45.3 Å². The summed E-state index contributed by atoms with van der Waals surface area (Å²) < 4.78 is 69.5. The van der Waals surface area contributed by atoms with Crippen LogP contribution in [0.4, 0.5) is 23.4 Å². The van der Waals surface area contributed by atoms with E-state index in [2.05, 4.69) is 35.8 Å². The highest BCUT2D eigenvalue weighted by atomic mass is 79.9. The van der Waals surface area contributed by atoms with Crippen molar-refractivity contribution in [1.29, 1.82) is 0 Å². The van der Waals surface area contributed by atoms with Gasteiger partial charge >= 0.3 is 6.01 Å². The summed E-state index contributed by atoms with van der Waals surface area (Å²) in [7, 11) is 0. The molecule has 4 atom stereocenters. The molecule has 1 aromatic heterocycles. The molecule has 2 unspecified atom stereocenters. The van der Waals surface area contributed by atoms with Crippen LogP contribution in [0, 0.1) is 5.82 Å². The van der Waals surface area contributed by atoms with E-state index in [1.54, 1.807) is 5.55 Å². The van der Waals surface area contributed by atoms with Crippen LogP contribution in [0.25, 0.3) is 10.9 Å². The molecule has 0 amide bonds. The molecule has 2 saturated heterocycles. The first-order chi connectivity index (χ1) is 17.8. The zero-order valence-corrected chi connectivity index (χ0v) is 22.6. The smallest absolute Gasteiger partial charge is 0.319 e. The van der Waals surface area contributed by atoms with Crippen molar-refractivity contribution in [3.63, 3.8) is 0 Å². The summed E-state index contributed by atoms with van der Waals surface area (Å²) in [4.78, 5) is 16.6. The molecular weight excluding hydrogens is 602 g/mol. The zero-order chi connectivity index (χ0) is 25.9. The van der Waals surface area contributed by atoms with Crippen LogP contribution in [0.2, 0.25) is 5.02 Å². The molecule has 37 heavy (non-hydrogen) atoms. The molecule has 14 heteroatoms. The third kappa shape index (κ3) is 4.43. The maximum Gasteiger partial charge on any atom is 0.319 e. The standard InChI is InChI=1S/C23H23BrClF4N5O2S/c24-16-17(25)20-15-19(18(16)29)31-22(36-9-23-2-1-3-33(23)6-11(26)4-23)32-21(15)34(7-14(27)28)12(8-35-20)13-5-30-10-37-13/h10-14H,1-9H2/t11-,12?,13?,23+/m1/s1. The van der Waals surface area contributed by atoms with Crippen LogP contribution in [0.15, 0.2) is 9.47 Å². The average molecular weight is 625 g/mol. The lowest BCUT2D eigenvalue weighted by Crippen LogP contribution is -2.48. The number of thioether (sulfide) groups is 1. The maximum atomic E-state index is 15.5.